The number of halogens is 3. The maximum atomic E-state index is 12.2. The molecule has 0 aliphatic carbocycles. The highest BCUT2D eigenvalue weighted by Crippen LogP contribution is 2.22. The Balaban J connectivity index is 0.00000729. The molecule has 9 heteroatoms. The summed E-state index contributed by atoms with van der Waals surface area (Å²) in [5, 5.41) is 16.5. The Morgan fingerprint density at radius 1 is 1.18 bits per heavy atom. The van der Waals surface area contributed by atoms with Crippen molar-refractivity contribution in [3.05, 3.63) is 29.8 Å². The van der Waals surface area contributed by atoms with Crippen molar-refractivity contribution in [2.75, 3.05) is 26.7 Å². The van der Waals surface area contributed by atoms with Gasteiger partial charge in [-0.15, -0.1) is 24.0 Å². The third-order valence-electron chi connectivity index (χ3n) is 3.96. The van der Waals surface area contributed by atoms with E-state index in [1.807, 2.05) is 6.92 Å². The molecule has 28 heavy (non-hydrogen) atoms. The Labute approximate surface area is 183 Å². The number of methoxy groups -OCH3 is 1. The van der Waals surface area contributed by atoms with Crippen LogP contribution in [-0.4, -0.2) is 50.5 Å². The monoisotopic (exact) mass is 515 g/mol. The van der Waals surface area contributed by atoms with Crippen LogP contribution >= 0.6 is 24.0 Å². The van der Waals surface area contributed by atoms with Crippen LogP contribution in [0.25, 0.3) is 0 Å². The van der Waals surface area contributed by atoms with E-state index in [0.29, 0.717) is 24.6 Å². The van der Waals surface area contributed by atoms with E-state index in [4.69, 9.17) is 4.74 Å². The second kappa shape index (κ2) is 13.1. The third-order valence-corrected chi connectivity index (χ3v) is 3.96. The Kier molecular flexibility index (Phi) is 12.5. The summed E-state index contributed by atoms with van der Waals surface area (Å²) in [5.41, 5.74) is 0.543. The van der Waals surface area contributed by atoms with Gasteiger partial charge in [0.05, 0.1) is 18.8 Å². The molecule has 0 saturated heterocycles. The first-order chi connectivity index (χ1) is 12.7. The lowest BCUT2D eigenvalue weighted by atomic mass is 9.89. The van der Waals surface area contributed by atoms with Crippen LogP contribution < -0.4 is 15.4 Å². The average molecular weight is 515 g/mol. The van der Waals surface area contributed by atoms with Gasteiger partial charge in [0.2, 0.25) is 0 Å². The predicted octanol–water partition coefficient (Wildman–Crippen LogP) is 3.56. The van der Waals surface area contributed by atoms with Crippen LogP contribution in [0.2, 0.25) is 0 Å². The van der Waals surface area contributed by atoms with Crippen molar-refractivity contribution in [1.82, 2.24) is 10.6 Å². The first-order valence-corrected chi connectivity index (χ1v) is 8.95. The molecule has 1 aromatic carbocycles. The van der Waals surface area contributed by atoms with Crippen molar-refractivity contribution in [1.29, 1.82) is 0 Å². The smallest absolute Gasteiger partial charge is 0.387 e. The molecule has 6 nitrogen and oxygen atoms in total. The van der Waals surface area contributed by atoms with E-state index >= 15 is 0 Å². The van der Waals surface area contributed by atoms with Gasteiger partial charge in [0.25, 0.3) is 0 Å². The van der Waals surface area contributed by atoms with E-state index in [9.17, 15) is 13.9 Å². The molecule has 2 unspecified atom stereocenters. The fraction of sp³-hybridized carbons (Fsp3) is 0.632. The Morgan fingerprint density at radius 2 is 1.79 bits per heavy atom. The van der Waals surface area contributed by atoms with Crippen LogP contribution in [-0.2, 0) is 4.74 Å². The maximum absolute atomic E-state index is 12.2. The maximum Gasteiger partial charge on any atom is 0.387 e. The average Bonchev–Trinajstić information content (AvgIpc) is 2.58. The number of alkyl halides is 2. The summed E-state index contributed by atoms with van der Waals surface area (Å²) in [6, 6.07) is 5.90. The number of rotatable bonds is 9. The topological polar surface area (TPSA) is 75.1 Å². The number of benzene rings is 1. The largest absolute Gasteiger partial charge is 0.435 e. The fourth-order valence-electron chi connectivity index (χ4n) is 2.40. The van der Waals surface area contributed by atoms with Gasteiger partial charge in [-0.2, -0.15) is 8.78 Å². The second-order valence-corrected chi connectivity index (χ2v) is 7.15. The number of aliphatic hydroxyl groups excluding tert-OH is 1. The van der Waals surface area contributed by atoms with Gasteiger partial charge in [0.15, 0.2) is 5.96 Å². The standard InChI is InChI=1S/C19H31F2N3O3.HI/c1-6-22-18(24-12-16(26-5)19(2,3)4)23-11-15(25)13-7-9-14(10-8-13)27-17(20)21;/h7-10,15-17,25H,6,11-12H2,1-5H3,(H2,22,23,24);1H. The highest BCUT2D eigenvalue weighted by molar-refractivity contribution is 14.0. The lowest BCUT2D eigenvalue weighted by Crippen LogP contribution is -2.41. The first-order valence-electron chi connectivity index (χ1n) is 8.95. The van der Waals surface area contributed by atoms with Gasteiger partial charge in [-0.3, -0.25) is 4.99 Å². The quantitative estimate of drug-likeness (QED) is 0.267. The molecule has 0 fully saturated rings. The molecule has 0 spiro atoms. The summed E-state index contributed by atoms with van der Waals surface area (Å²) in [6.45, 7) is 6.71. The second-order valence-electron chi connectivity index (χ2n) is 7.15. The van der Waals surface area contributed by atoms with Gasteiger partial charge in [0, 0.05) is 20.2 Å². The normalized spacial score (nSPS) is 14.2. The zero-order valence-corrected chi connectivity index (χ0v) is 19.4. The summed E-state index contributed by atoms with van der Waals surface area (Å²) in [6.07, 6.45) is -0.865. The van der Waals surface area contributed by atoms with Crippen LogP contribution in [0.3, 0.4) is 0 Å². The number of nitrogens with zero attached hydrogens (tertiary/aromatic N) is 1. The van der Waals surface area contributed by atoms with Gasteiger partial charge in [0.1, 0.15) is 5.75 Å². The third kappa shape index (κ3) is 9.83. The van der Waals surface area contributed by atoms with Crippen LogP contribution in [0.1, 0.15) is 39.4 Å². The van der Waals surface area contributed by atoms with Crippen LogP contribution in [0.4, 0.5) is 8.78 Å². The summed E-state index contributed by atoms with van der Waals surface area (Å²) in [5.74, 6) is 0.622. The summed E-state index contributed by atoms with van der Waals surface area (Å²) < 4.78 is 34.2. The van der Waals surface area contributed by atoms with Crippen molar-refractivity contribution < 1.29 is 23.4 Å². The van der Waals surface area contributed by atoms with Crippen molar-refractivity contribution in [2.45, 2.75) is 46.5 Å². The van der Waals surface area contributed by atoms with Gasteiger partial charge < -0.3 is 25.2 Å². The molecule has 1 rings (SSSR count). The van der Waals surface area contributed by atoms with E-state index in [2.05, 4.69) is 41.1 Å². The number of nitrogens with one attached hydrogen (secondary N) is 2. The molecule has 0 heterocycles. The molecule has 0 aliphatic rings. The minimum Gasteiger partial charge on any atom is -0.435 e. The minimum absolute atomic E-state index is 0. The van der Waals surface area contributed by atoms with Crippen molar-refractivity contribution in [2.24, 2.45) is 10.4 Å². The highest BCUT2D eigenvalue weighted by Gasteiger charge is 2.24. The predicted molar refractivity (Wildman–Crippen MR) is 118 cm³/mol. The Morgan fingerprint density at radius 3 is 2.25 bits per heavy atom. The molecular formula is C19H32F2IN3O3. The number of aliphatic imine (C=N–C) groups is 1. The number of hydrogen-bond donors (Lipinski definition) is 3. The number of guanidine groups is 1. The highest BCUT2D eigenvalue weighted by atomic mass is 127. The summed E-state index contributed by atoms with van der Waals surface area (Å²) >= 11 is 0. The van der Waals surface area contributed by atoms with Crippen molar-refractivity contribution in [3.63, 3.8) is 0 Å². The first kappa shape index (κ1) is 26.8. The molecule has 3 N–H and O–H groups in total. The number of hydrogen-bond acceptors (Lipinski definition) is 4. The Hall–Kier alpha value is -1.20. The molecule has 0 bridgehead atoms. The van der Waals surface area contributed by atoms with Crippen LogP contribution in [0, 0.1) is 5.41 Å². The van der Waals surface area contributed by atoms with Gasteiger partial charge in [-0.05, 0) is 30.0 Å². The van der Waals surface area contributed by atoms with Crippen molar-refractivity contribution in [3.8, 4) is 5.75 Å². The van der Waals surface area contributed by atoms with Crippen LogP contribution in [0.15, 0.2) is 29.3 Å². The molecule has 2 atom stereocenters. The van der Waals surface area contributed by atoms with E-state index in [0.717, 1.165) is 0 Å². The van der Waals surface area contributed by atoms with Gasteiger partial charge in [-0.1, -0.05) is 32.9 Å². The van der Waals surface area contributed by atoms with Gasteiger partial charge in [-0.25, -0.2) is 0 Å². The fourth-order valence-corrected chi connectivity index (χ4v) is 2.40. The molecule has 0 aliphatic heterocycles. The molecule has 0 radical (unpaired) electrons. The minimum atomic E-state index is -2.87. The molecule has 0 aromatic heterocycles. The molecule has 162 valence electrons. The van der Waals surface area contributed by atoms with Crippen molar-refractivity contribution >= 4 is 29.9 Å². The molecule has 1 aromatic rings. The lowest BCUT2D eigenvalue weighted by Gasteiger charge is -2.28. The van der Waals surface area contributed by atoms with E-state index in [1.165, 1.54) is 12.1 Å². The molecule has 0 saturated carbocycles. The SMILES string of the molecule is CCNC(=NCC(OC)C(C)(C)C)NCC(O)c1ccc(OC(F)F)cc1.I. The number of aliphatic hydroxyl groups is 1. The summed E-state index contributed by atoms with van der Waals surface area (Å²) in [7, 11) is 1.66. The number of ether oxygens (including phenoxy) is 2. The molecule has 0 amide bonds. The summed E-state index contributed by atoms with van der Waals surface area (Å²) in [4.78, 5) is 4.52. The Bertz CT molecular complexity index is 581. The van der Waals surface area contributed by atoms with Crippen LogP contribution in [0.5, 0.6) is 5.75 Å². The lowest BCUT2D eigenvalue weighted by molar-refractivity contribution is -0.0498. The zero-order chi connectivity index (χ0) is 20.4. The van der Waals surface area contributed by atoms with E-state index < -0.39 is 12.7 Å². The van der Waals surface area contributed by atoms with E-state index in [-0.39, 0.29) is 47.8 Å². The zero-order valence-electron chi connectivity index (χ0n) is 17.0. The molecular weight excluding hydrogens is 483 g/mol. The van der Waals surface area contributed by atoms with E-state index in [1.54, 1.807) is 19.2 Å². The van der Waals surface area contributed by atoms with Gasteiger partial charge >= 0.3 is 6.61 Å².